The van der Waals surface area contributed by atoms with Crippen LogP contribution in [-0.2, 0) is 17.5 Å². The van der Waals surface area contributed by atoms with Crippen molar-refractivity contribution < 1.29 is 18.0 Å². The molecule has 1 unspecified atom stereocenters. The zero-order chi connectivity index (χ0) is 14.8. The number of carbonyl (C=O) groups excluding carboxylic acids is 1. The highest BCUT2D eigenvalue weighted by molar-refractivity contribution is 5.75. The van der Waals surface area contributed by atoms with E-state index in [0.29, 0.717) is 12.5 Å². The molecule has 2 rings (SSSR count). The number of aromatic nitrogens is 2. The molecule has 112 valence electrons. The topological polar surface area (TPSA) is 50.2 Å². The molecular formula is C12H17F3N4O. The third kappa shape index (κ3) is 3.96. The van der Waals surface area contributed by atoms with E-state index >= 15 is 0 Å². The standard InChI is InChI=1S/C12H17F3N4O/c1-18-4-2-9(7-18)6-16-11(20)8-19-5-3-10(17-19)12(13,14)15/h3,5,9H,2,4,6-8H2,1H3,(H,16,20). The van der Waals surface area contributed by atoms with E-state index in [-0.39, 0.29) is 12.5 Å². The first-order chi connectivity index (χ1) is 9.34. The third-order valence-corrected chi connectivity index (χ3v) is 3.31. The predicted molar refractivity (Wildman–Crippen MR) is 65.8 cm³/mol. The Morgan fingerprint density at radius 1 is 1.55 bits per heavy atom. The van der Waals surface area contributed by atoms with Gasteiger partial charge in [-0.15, -0.1) is 0 Å². The Morgan fingerprint density at radius 3 is 2.85 bits per heavy atom. The molecule has 1 N–H and O–H groups in total. The number of hydrogen-bond donors (Lipinski definition) is 1. The summed E-state index contributed by atoms with van der Waals surface area (Å²) in [5.74, 6) is 0.0867. The van der Waals surface area contributed by atoms with Gasteiger partial charge in [-0.05, 0) is 32.0 Å². The van der Waals surface area contributed by atoms with E-state index in [1.807, 2.05) is 7.05 Å². The smallest absolute Gasteiger partial charge is 0.354 e. The van der Waals surface area contributed by atoms with Gasteiger partial charge in [0.05, 0.1) is 0 Å². The van der Waals surface area contributed by atoms with Crippen molar-refractivity contribution in [1.82, 2.24) is 20.0 Å². The van der Waals surface area contributed by atoms with Crippen LogP contribution in [0.5, 0.6) is 0 Å². The molecule has 5 nitrogen and oxygen atoms in total. The van der Waals surface area contributed by atoms with Crippen LogP contribution in [0.4, 0.5) is 13.2 Å². The molecule has 1 aromatic heterocycles. The van der Waals surface area contributed by atoms with E-state index in [4.69, 9.17) is 0 Å². The molecule has 1 saturated heterocycles. The van der Waals surface area contributed by atoms with Crippen molar-refractivity contribution in [2.75, 3.05) is 26.7 Å². The summed E-state index contributed by atoms with van der Waals surface area (Å²) in [5, 5.41) is 6.07. The van der Waals surface area contributed by atoms with Gasteiger partial charge < -0.3 is 10.2 Å². The fourth-order valence-electron chi connectivity index (χ4n) is 2.26. The number of alkyl halides is 3. The van der Waals surface area contributed by atoms with Crippen LogP contribution < -0.4 is 5.32 Å². The fraction of sp³-hybridized carbons (Fsp3) is 0.667. The zero-order valence-electron chi connectivity index (χ0n) is 11.2. The number of nitrogens with zero attached hydrogens (tertiary/aromatic N) is 3. The molecule has 0 bridgehead atoms. The van der Waals surface area contributed by atoms with Crippen molar-refractivity contribution in [3.63, 3.8) is 0 Å². The first-order valence-corrected chi connectivity index (χ1v) is 6.40. The van der Waals surface area contributed by atoms with Gasteiger partial charge in [-0.1, -0.05) is 0 Å². The first-order valence-electron chi connectivity index (χ1n) is 6.40. The highest BCUT2D eigenvalue weighted by Crippen LogP contribution is 2.27. The molecular weight excluding hydrogens is 273 g/mol. The lowest BCUT2D eigenvalue weighted by molar-refractivity contribution is -0.141. The number of nitrogens with one attached hydrogen (secondary N) is 1. The molecule has 0 spiro atoms. The van der Waals surface area contributed by atoms with Gasteiger partial charge in [0, 0.05) is 19.3 Å². The molecule has 8 heteroatoms. The van der Waals surface area contributed by atoms with E-state index in [2.05, 4.69) is 15.3 Å². The van der Waals surface area contributed by atoms with Gasteiger partial charge in [-0.3, -0.25) is 9.48 Å². The van der Waals surface area contributed by atoms with E-state index in [9.17, 15) is 18.0 Å². The van der Waals surface area contributed by atoms with Gasteiger partial charge in [-0.25, -0.2) is 0 Å². The minimum absolute atomic E-state index is 0.196. The third-order valence-electron chi connectivity index (χ3n) is 3.31. The maximum Gasteiger partial charge on any atom is 0.435 e. The minimum atomic E-state index is -4.48. The SMILES string of the molecule is CN1CCC(CNC(=O)Cn2ccc(C(F)(F)F)n2)C1. The van der Waals surface area contributed by atoms with Crippen molar-refractivity contribution in [1.29, 1.82) is 0 Å². The molecule has 20 heavy (non-hydrogen) atoms. The van der Waals surface area contributed by atoms with E-state index in [1.165, 1.54) is 0 Å². The Labute approximate surface area is 114 Å². The average Bonchev–Trinajstić information content (AvgIpc) is 2.95. The number of carbonyl (C=O) groups is 1. The Hall–Kier alpha value is -1.57. The molecule has 1 atom stereocenters. The maximum absolute atomic E-state index is 12.3. The molecule has 0 aromatic carbocycles. The zero-order valence-corrected chi connectivity index (χ0v) is 11.2. The van der Waals surface area contributed by atoms with Crippen LogP contribution in [0, 0.1) is 5.92 Å². The summed E-state index contributed by atoms with van der Waals surface area (Å²) in [5.41, 5.74) is -0.984. The Balaban J connectivity index is 1.78. The lowest BCUT2D eigenvalue weighted by Gasteiger charge is -2.11. The average molecular weight is 290 g/mol. The number of hydrogen-bond acceptors (Lipinski definition) is 3. The van der Waals surface area contributed by atoms with Crippen LogP contribution in [0.15, 0.2) is 12.3 Å². The van der Waals surface area contributed by atoms with E-state index < -0.39 is 11.9 Å². The van der Waals surface area contributed by atoms with Crippen molar-refractivity contribution >= 4 is 5.91 Å². The van der Waals surface area contributed by atoms with Gasteiger partial charge in [-0.2, -0.15) is 18.3 Å². The van der Waals surface area contributed by atoms with Gasteiger partial charge >= 0.3 is 6.18 Å². The molecule has 1 aliphatic rings. The summed E-state index contributed by atoms with van der Waals surface area (Å²) in [6, 6.07) is 0.860. The molecule has 1 aromatic rings. The molecule has 1 fully saturated rings. The summed E-state index contributed by atoms with van der Waals surface area (Å²) in [4.78, 5) is 13.8. The van der Waals surface area contributed by atoms with Crippen LogP contribution in [0.1, 0.15) is 12.1 Å². The van der Waals surface area contributed by atoms with Crippen LogP contribution >= 0.6 is 0 Å². The highest BCUT2D eigenvalue weighted by atomic mass is 19.4. The Bertz CT molecular complexity index is 472. The minimum Gasteiger partial charge on any atom is -0.354 e. The summed E-state index contributed by atoms with van der Waals surface area (Å²) in [7, 11) is 2.02. The predicted octanol–water partition coefficient (Wildman–Crippen LogP) is 0.970. The van der Waals surface area contributed by atoms with Crippen molar-refractivity contribution in [3.05, 3.63) is 18.0 Å². The van der Waals surface area contributed by atoms with Crippen LogP contribution in [-0.4, -0.2) is 47.3 Å². The molecule has 2 heterocycles. The lowest BCUT2D eigenvalue weighted by atomic mass is 10.1. The summed E-state index contributed by atoms with van der Waals surface area (Å²) in [6.07, 6.45) is -2.29. The second-order valence-corrected chi connectivity index (χ2v) is 5.12. The van der Waals surface area contributed by atoms with Crippen LogP contribution in [0.25, 0.3) is 0 Å². The quantitative estimate of drug-likeness (QED) is 0.899. The van der Waals surface area contributed by atoms with E-state index in [1.54, 1.807) is 0 Å². The number of likely N-dealkylation sites (tertiary alicyclic amines) is 1. The molecule has 0 aliphatic carbocycles. The second-order valence-electron chi connectivity index (χ2n) is 5.12. The second kappa shape index (κ2) is 5.82. The van der Waals surface area contributed by atoms with Crippen LogP contribution in [0.2, 0.25) is 0 Å². The molecule has 1 aliphatic heterocycles. The number of rotatable bonds is 4. The summed E-state index contributed by atoms with van der Waals surface area (Å²) in [6.45, 7) is 2.30. The van der Waals surface area contributed by atoms with E-state index in [0.717, 1.165) is 36.5 Å². The van der Waals surface area contributed by atoms with Gasteiger partial charge in [0.25, 0.3) is 0 Å². The summed E-state index contributed by atoms with van der Waals surface area (Å²) >= 11 is 0. The fourth-order valence-corrected chi connectivity index (χ4v) is 2.26. The monoisotopic (exact) mass is 290 g/mol. The summed E-state index contributed by atoms with van der Waals surface area (Å²) < 4.78 is 38.0. The van der Waals surface area contributed by atoms with Gasteiger partial charge in [0.2, 0.25) is 5.91 Å². The van der Waals surface area contributed by atoms with Gasteiger partial charge in [0.15, 0.2) is 5.69 Å². The van der Waals surface area contributed by atoms with Crippen molar-refractivity contribution in [2.45, 2.75) is 19.1 Å². The normalized spacial score (nSPS) is 20.3. The first kappa shape index (κ1) is 14.8. The highest BCUT2D eigenvalue weighted by Gasteiger charge is 2.33. The number of amides is 1. The van der Waals surface area contributed by atoms with Crippen molar-refractivity contribution in [2.24, 2.45) is 5.92 Å². The Morgan fingerprint density at radius 2 is 2.30 bits per heavy atom. The maximum atomic E-state index is 12.3. The Kier molecular flexibility index (Phi) is 4.32. The largest absolute Gasteiger partial charge is 0.435 e. The lowest BCUT2D eigenvalue weighted by Crippen LogP contribution is -2.33. The molecule has 1 amide bonds. The van der Waals surface area contributed by atoms with Crippen molar-refractivity contribution in [3.8, 4) is 0 Å². The molecule has 0 radical (unpaired) electrons. The van der Waals surface area contributed by atoms with Gasteiger partial charge in [0.1, 0.15) is 6.54 Å². The molecule has 0 saturated carbocycles. The van der Waals surface area contributed by atoms with Crippen LogP contribution in [0.3, 0.4) is 0 Å². The number of halogens is 3.